The van der Waals surface area contributed by atoms with Crippen molar-refractivity contribution in [3.05, 3.63) is 47.7 Å². The third-order valence-corrected chi connectivity index (χ3v) is 3.04. The zero-order chi connectivity index (χ0) is 15.0. The summed E-state index contributed by atoms with van der Waals surface area (Å²) in [4.78, 5) is 4.09. The molecule has 21 heavy (non-hydrogen) atoms. The maximum absolute atomic E-state index is 12.9. The topological polar surface area (TPSA) is 51.0 Å². The molecule has 3 aromatic rings. The van der Waals surface area contributed by atoms with Gasteiger partial charge in [0.25, 0.3) is 0 Å². The summed E-state index contributed by atoms with van der Waals surface area (Å²) in [5.74, 6) is 0.280. The summed E-state index contributed by atoms with van der Waals surface area (Å²) in [5, 5.41) is 6.57. The van der Waals surface area contributed by atoms with E-state index in [4.69, 9.17) is 4.52 Å². The lowest BCUT2D eigenvalue weighted by molar-refractivity contribution is -0.138. The Bertz CT molecular complexity index is 796. The summed E-state index contributed by atoms with van der Waals surface area (Å²) < 4.78 is 43.7. The quantitative estimate of drug-likeness (QED) is 0.765. The largest absolute Gasteiger partial charge is 0.416 e. The molecular weight excluding hydrogens is 283 g/mol. The van der Waals surface area contributed by atoms with Crippen molar-refractivity contribution >= 4 is 22.6 Å². The molecule has 0 radical (unpaired) electrons. The second-order valence-corrected chi connectivity index (χ2v) is 4.53. The van der Waals surface area contributed by atoms with Crippen LogP contribution in [0.5, 0.6) is 0 Å². The molecule has 7 heteroatoms. The number of pyridine rings is 1. The second-order valence-electron chi connectivity index (χ2n) is 4.53. The molecule has 2 aromatic heterocycles. The Kier molecular flexibility index (Phi) is 3.04. The van der Waals surface area contributed by atoms with Gasteiger partial charge in [0, 0.05) is 11.9 Å². The fourth-order valence-electron chi connectivity index (χ4n) is 2.00. The van der Waals surface area contributed by atoms with Crippen LogP contribution in [0.3, 0.4) is 0 Å². The lowest BCUT2D eigenvalue weighted by atomic mass is 10.1. The van der Waals surface area contributed by atoms with Gasteiger partial charge in [-0.15, -0.1) is 0 Å². The monoisotopic (exact) mass is 293 g/mol. The maximum Gasteiger partial charge on any atom is 0.416 e. The molecule has 0 aliphatic rings. The van der Waals surface area contributed by atoms with Crippen molar-refractivity contribution in [2.45, 2.75) is 13.1 Å². The molecule has 2 heterocycles. The van der Waals surface area contributed by atoms with E-state index in [1.807, 2.05) is 0 Å². The Morgan fingerprint density at radius 2 is 2.00 bits per heavy atom. The molecule has 0 saturated heterocycles. The van der Waals surface area contributed by atoms with Crippen molar-refractivity contribution in [1.29, 1.82) is 0 Å². The van der Waals surface area contributed by atoms with Crippen LogP contribution in [0.1, 0.15) is 11.1 Å². The van der Waals surface area contributed by atoms with Crippen LogP contribution >= 0.6 is 0 Å². The van der Waals surface area contributed by atoms with Crippen LogP contribution in [0, 0.1) is 6.92 Å². The van der Waals surface area contributed by atoms with Crippen LogP contribution in [-0.2, 0) is 6.18 Å². The van der Waals surface area contributed by atoms with Crippen LogP contribution in [0.4, 0.5) is 24.7 Å². The number of halogens is 3. The second kappa shape index (κ2) is 4.76. The van der Waals surface area contributed by atoms with E-state index >= 15 is 0 Å². The number of aromatic nitrogens is 2. The molecular formula is C14H10F3N3O. The van der Waals surface area contributed by atoms with Crippen LogP contribution < -0.4 is 5.32 Å². The van der Waals surface area contributed by atoms with Gasteiger partial charge in [-0.25, -0.2) is 4.98 Å². The van der Waals surface area contributed by atoms with Crippen molar-refractivity contribution in [3.63, 3.8) is 0 Å². The predicted molar refractivity (Wildman–Crippen MR) is 71.3 cm³/mol. The fourth-order valence-corrected chi connectivity index (χ4v) is 2.00. The predicted octanol–water partition coefficient (Wildman–Crippen LogP) is 4.29. The Morgan fingerprint density at radius 3 is 2.76 bits per heavy atom. The number of nitrogens with one attached hydrogen (secondary N) is 1. The lowest BCUT2D eigenvalue weighted by Gasteiger charge is -2.12. The van der Waals surface area contributed by atoms with Crippen molar-refractivity contribution < 1.29 is 17.7 Å². The molecule has 0 bridgehead atoms. The highest BCUT2D eigenvalue weighted by Crippen LogP contribution is 2.34. The summed E-state index contributed by atoms with van der Waals surface area (Å²) in [6.45, 7) is 1.42. The molecule has 0 fully saturated rings. The van der Waals surface area contributed by atoms with Crippen LogP contribution in [0.15, 0.2) is 41.1 Å². The van der Waals surface area contributed by atoms with Gasteiger partial charge in [0.15, 0.2) is 16.9 Å². The number of alkyl halides is 3. The molecule has 1 aromatic carbocycles. The molecule has 0 aliphatic carbocycles. The molecule has 0 aliphatic heterocycles. The molecule has 0 atom stereocenters. The van der Waals surface area contributed by atoms with Crippen molar-refractivity contribution in [2.75, 3.05) is 5.32 Å². The minimum Gasteiger partial charge on any atom is -0.352 e. The highest BCUT2D eigenvalue weighted by molar-refractivity contribution is 5.85. The number of anilines is 2. The average Bonchev–Trinajstić information content (AvgIpc) is 2.83. The van der Waals surface area contributed by atoms with E-state index in [0.29, 0.717) is 11.1 Å². The van der Waals surface area contributed by atoms with Gasteiger partial charge in [0.2, 0.25) is 0 Å². The number of fused-ring (bicyclic) bond motifs is 1. The summed E-state index contributed by atoms with van der Waals surface area (Å²) in [6, 6.07) is 7.36. The summed E-state index contributed by atoms with van der Waals surface area (Å²) in [7, 11) is 0. The highest BCUT2D eigenvalue weighted by atomic mass is 19.4. The van der Waals surface area contributed by atoms with E-state index < -0.39 is 11.7 Å². The first-order valence-corrected chi connectivity index (χ1v) is 6.10. The first kappa shape index (κ1) is 13.4. The number of aryl methyl sites for hydroxylation is 1. The Labute approximate surface area is 117 Å². The summed E-state index contributed by atoms with van der Waals surface area (Å²) >= 11 is 0. The molecule has 0 amide bonds. The first-order valence-electron chi connectivity index (χ1n) is 6.10. The zero-order valence-electron chi connectivity index (χ0n) is 10.9. The normalized spacial score (nSPS) is 11.8. The van der Waals surface area contributed by atoms with Gasteiger partial charge in [0.1, 0.15) is 0 Å². The third kappa shape index (κ3) is 2.54. The van der Waals surface area contributed by atoms with Crippen LogP contribution in [-0.4, -0.2) is 10.1 Å². The van der Waals surface area contributed by atoms with Crippen molar-refractivity contribution in [3.8, 4) is 0 Å². The van der Waals surface area contributed by atoms with E-state index in [9.17, 15) is 13.2 Å². The van der Waals surface area contributed by atoms with Gasteiger partial charge in [0.05, 0.1) is 5.56 Å². The van der Waals surface area contributed by atoms with E-state index in [0.717, 1.165) is 6.07 Å². The number of nitrogens with zero attached hydrogens (tertiary/aromatic N) is 2. The Morgan fingerprint density at radius 1 is 1.19 bits per heavy atom. The lowest BCUT2D eigenvalue weighted by Crippen LogP contribution is -2.08. The van der Waals surface area contributed by atoms with Crippen LogP contribution in [0.25, 0.3) is 11.1 Å². The highest BCUT2D eigenvalue weighted by Gasteiger charge is 2.32. The van der Waals surface area contributed by atoms with Gasteiger partial charge < -0.3 is 9.84 Å². The van der Waals surface area contributed by atoms with Gasteiger partial charge in [-0.2, -0.15) is 13.2 Å². The smallest absolute Gasteiger partial charge is 0.352 e. The molecule has 3 rings (SSSR count). The standard InChI is InChI=1S/C14H10F3N3O/c1-8-4-5-9(7-10(8)14(15,16)17)19-13-12-11(21-20-13)3-2-6-18-12/h2-7H,1H3,(H,19,20). The van der Waals surface area contributed by atoms with E-state index in [1.165, 1.54) is 13.0 Å². The van der Waals surface area contributed by atoms with Gasteiger partial charge in [-0.3, -0.25) is 0 Å². The molecule has 4 nitrogen and oxygen atoms in total. The van der Waals surface area contributed by atoms with Crippen molar-refractivity contribution in [1.82, 2.24) is 10.1 Å². The zero-order valence-corrected chi connectivity index (χ0v) is 10.9. The molecule has 108 valence electrons. The van der Waals surface area contributed by atoms with E-state index in [-0.39, 0.29) is 17.1 Å². The summed E-state index contributed by atoms with van der Waals surface area (Å²) in [5.41, 5.74) is 0.674. The molecule has 1 N–H and O–H groups in total. The van der Waals surface area contributed by atoms with E-state index in [1.54, 1.807) is 24.4 Å². The molecule has 0 spiro atoms. The maximum atomic E-state index is 12.9. The van der Waals surface area contributed by atoms with E-state index in [2.05, 4.69) is 15.5 Å². The minimum absolute atomic E-state index is 0.163. The van der Waals surface area contributed by atoms with Gasteiger partial charge in [-0.1, -0.05) is 11.2 Å². The number of hydrogen-bond acceptors (Lipinski definition) is 4. The first-order chi connectivity index (χ1) is 9.95. The number of hydrogen-bond donors (Lipinski definition) is 1. The third-order valence-electron chi connectivity index (χ3n) is 3.04. The van der Waals surface area contributed by atoms with Crippen LogP contribution in [0.2, 0.25) is 0 Å². The Hall–Kier alpha value is -2.57. The SMILES string of the molecule is Cc1ccc(Nc2noc3cccnc23)cc1C(F)(F)F. The molecule has 0 saturated carbocycles. The molecule has 0 unspecified atom stereocenters. The number of rotatable bonds is 2. The van der Waals surface area contributed by atoms with Crippen molar-refractivity contribution in [2.24, 2.45) is 0 Å². The Balaban J connectivity index is 1.99. The van der Waals surface area contributed by atoms with Gasteiger partial charge >= 0.3 is 6.18 Å². The fraction of sp³-hybridized carbons (Fsp3) is 0.143. The van der Waals surface area contributed by atoms with Gasteiger partial charge in [-0.05, 0) is 36.8 Å². The minimum atomic E-state index is -4.40. The summed E-state index contributed by atoms with van der Waals surface area (Å²) in [6.07, 6.45) is -2.84. The average molecular weight is 293 g/mol. The number of benzene rings is 1.